The van der Waals surface area contributed by atoms with Crippen LogP contribution in [0.3, 0.4) is 0 Å². The summed E-state index contributed by atoms with van der Waals surface area (Å²) in [5, 5.41) is 19.9. The van der Waals surface area contributed by atoms with Crippen LogP contribution in [0.15, 0.2) is 10.9 Å². The molecular weight excluding hydrogens is 232 g/mol. The second-order valence-corrected chi connectivity index (χ2v) is 4.29. The predicted octanol–water partition coefficient (Wildman–Crippen LogP) is -0.197. The number of likely N-dealkylation sites (tertiary alicyclic amines) is 1. The standard InChI is InChI=1S/C9H10N2O4S/c12-5-1-7(9(14)15)11(2-5)8(13)6-3-16-4-10-6/h3-5,7,12H,1-2H2,(H,14,15)/t5-,7+/m1/s1. The lowest BCUT2D eigenvalue weighted by Gasteiger charge is -2.19. The van der Waals surface area contributed by atoms with Crippen molar-refractivity contribution in [3.8, 4) is 0 Å². The first kappa shape index (κ1) is 11.0. The number of carboxylic acids is 1. The molecule has 1 aliphatic rings. The zero-order valence-electron chi connectivity index (χ0n) is 8.24. The summed E-state index contributed by atoms with van der Waals surface area (Å²) in [6.45, 7) is 0.0489. The molecule has 2 rings (SSSR count). The SMILES string of the molecule is O=C(O)[C@@H]1C[C@@H](O)CN1C(=O)c1cscn1. The second kappa shape index (κ2) is 4.18. The summed E-state index contributed by atoms with van der Waals surface area (Å²) in [5.41, 5.74) is 1.74. The third kappa shape index (κ3) is 1.91. The fraction of sp³-hybridized carbons (Fsp3) is 0.444. The molecule has 0 bridgehead atoms. The zero-order valence-corrected chi connectivity index (χ0v) is 9.05. The molecule has 86 valence electrons. The van der Waals surface area contributed by atoms with E-state index in [-0.39, 0.29) is 18.7 Å². The Balaban J connectivity index is 2.20. The number of carbonyl (C=O) groups is 2. The van der Waals surface area contributed by atoms with Gasteiger partial charge in [0, 0.05) is 18.3 Å². The zero-order chi connectivity index (χ0) is 11.7. The van der Waals surface area contributed by atoms with E-state index >= 15 is 0 Å². The Morgan fingerprint density at radius 2 is 2.31 bits per heavy atom. The van der Waals surface area contributed by atoms with Crippen molar-refractivity contribution in [2.24, 2.45) is 0 Å². The van der Waals surface area contributed by atoms with E-state index < -0.39 is 24.0 Å². The van der Waals surface area contributed by atoms with Crippen LogP contribution in [0.4, 0.5) is 0 Å². The summed E-state index contributed by atoms with van der Waals surface area (Å²) in [4.78, 5) is 27.8. The maximum absolute atomic E-state index is 11.9. The van der Waals surface area contributed by atoms with Crippen molar-refractivity contribution in [3.05, 3.63) is 16.6 Å². The molecular formula is C9H10N2O4S. The van der Waals surface area contributed by atoms with Gasteiger partial charge < -0.3 is 15.1 Å². The van der Waals surface area contributed by atoms with Crippen LogP contribution in [-0.2, 0) is 4.79 Å². The first-order valence-electron chi connectivity index (χ1n) is 4.69. The van der Waals surface area contributed by atoms with Crippen molar-refractivity contribution in [2.45, 2.75) is 18.6 Å². The smallest absolute Gasteiger partial charge is 0.326 e. The van der Waals surface area contributed by atoms with E-state index in [1.54, 1.807) is 5.38 Å². The predicted molar refractivity (Wildman–Crippen MR) is 55.2 cm³/mol. The van der Waals surface area contributed by atoms with Crippen LogP contribution < -0.4 is 0 Å². The number of amides is 1. The van der Waals surface area contributed by atoms with Crippen molar-refractivity contribution < 1.29 is 19.8 Å². The molecule has 2 N–H and O–H groups in total. The summed E-state index contributed by atoms with van der Waals surface area (Å²) in [5.74, 6) is -1.54. The number of hydrogen-bond acceptors (Lipinski definition) is 5. The van der Waals surface area contributed by atoms with Gasteiger partial charge in [0.05, 0.1) is 11.6 Å². The number of β-amino-alcohol motifs (C(OH)–C–C–N with tert-alkyl or cyclic N) is 1. The third-order valence-electron chi connectivity index (χ3n) is 2.48. The molecule has 2 heterocycles. The average molecular weight is 242 g/mol. The Morgan fingerprint density at radius 1 is 1.56 bits per heavy atom. The highest BCUT2D eigenvalue weighted by Gasteiger charge is 2.39. The number of nitrogens with zero attached hydrogens (tertiary/aromatic N) is 2. The molecule has 0 saturated carbocycles. The second-order valence-electron chi connectivity index (χ2n) is 3.57. The van der Waals surface area contributed by atoms with E-state index in [0.29, 0.717) is 0 Å². The minimum Gasteiger partial charge on any atom is -0.480 e. The van der Waals surface area contributed by atoms with Crippen molar-refractivity contribution in [1.29, 1.82) is 0 Å². The lowest BCUT2D eigenvalue weighted by molar-refractivity contribution is -0.141. The minimum atomic E-state index is -1.10. The van der Waals surface area contributed by atoms with Crippen LogP contribution in [0.1, 0.15) is 16.9 Å². The lowest BCUT2D eigenvalue weighted by atomic mass is 10.2. The van der Waals surface area contributed by atoms with Gasteiger partial charge in [0.1, 0.15) is 11.7 Å². The van der Waals surface area contributed by atoms with E-state index in [0.717, 1.165) is 4.90 Å². The number of thiazole rings is 1. The summed E-state index contributed by atoms with van der Waals surface area (Å²) in [6, 6.07) is -0.954. The van der Waals surface area contributed by atoms with Crippen LogP contribution in [0.5, 0.6) is 0 Å². The Labute approximate surface area is 95.1 Å². The third-order valence-corrected chi connectivity index (χ3v) is 3.06. The minimum absolute atomic E-state index is 0.0489. The highest BCUT2D eigenvalue weighted by atomic mass is 32.1. The molecule has 0 aliphatic carbocycles. The summed E-state index contributed by atoms with van der Waals surface area (Å²) in [6.07, 6.45) is -0.700. The number of hydrogen-bond donors (Lipinski definition) is 2. The summed E-state index contributed by atoms with van der Waals surface area (Å²) >= 11 is 1.27. The molecule has 7 heteroatoms. The van der Waals surface area contributed by atoms with Gasteiger partial charge in [-0.15, -0.1) is 11.3 Å². The van der Waals surface area contributed by atoms with E-state index in [1.165, 1.54) is 16.8 Å². The first-order chi connectivity index (χ1) is 7.59. The fourth-order valence-electron chi connectivity index (χ4n) is 1.74. The van der Waals surface area contributed by atoms with Gasteiger partial charge in [0.2, 0.25) is 0 Å². The molecule has 0 spiro atoms. The van der Waals surface area contributed by atoms with Crippen LogP contribution in [0, 0.1) is 0 Å². The molecule has 1 aliphatic heterocycles. The molecule has 16 heavy (non-hydrogen) atoms. The number of aliphatic carboxylic acids is 1. The normalized spacial score (nSPS) is 24.7. The highest BCUT2D eigenvalue weighted by molar-refractivity contribution is 7.07. The fourth-order valence-corrected chi connectivity index (χ4v) is 2.26. The number of aromatic nitrogens is 1. The Bertz CT molecular complexity index is 406. The Morgan fingerprint density at radius 3 is 2.88 bits per heavy atom. The first-order valence-corrected chi connectivity index (χ1v) is 5.64. The monoisotopic (exact) mass is 242 g/mol. The topological polar surface area (TPSA) is 90.7 Å². The highest BCUT2D eigenvalue weighted by Crippen LogP contribution is 2.20. The number of aliphatic hydroxyl groups excluding tert-OH is 1. The van der Waals surface area contributed by atoms with Crippen LogP contribution in [-0.4, -0.2) is 50.7 Å². The van der Waals surface area contributed by atoms with Gasteiger partial charge in [0.25, 0.3) is 5.91 Å². The Hall–Kier alpha value is -1.47. The summed E-state index contributed by atoms with van der Waals surface area (Å²) in [7, 11) is 0. The molecule has 0 unspecified atom stereocenters. The van der Waals surface area contributed by atoms with Gasteiger partial charge in [-0.2, -0.15) is 0 Å². The number of carboxylic acid groups (broad SMARTS) is 1. The van der Waals surface area contributed by atoms with Gasteiger partial charge in [0.15, 0.2) is 0 Å². The van der Waals surface area contributed by atoms with E-state index in [9.17, 15) is 14.7 Å². The van der Waals surface area contributed by atoms with Crippen LogP contribution in [0.2, 0.25) is 0 Å². The Kier molecular flexibility index (Phi) is 2.88. The average Bonchev–Trinajstić information content (AvgIpc) is 2.84. The molecule has 1 saturated heterocycles. The molecule has 6 nitrogen and oxygen atoms in total. The molecule has 1 aromatic heterocycles. The van der Waals surface area contributed by atoms with Gasteiger partial charge in [-0.05, 0) is 0 Å². The molecule has 2 atom stereocenters. The van der Waals surface area contributed by atoms with Gasteiger partial charge in [-0.25, -0.2) is 9.78 Å². The van der Waals surface area contributed by atoms with Crippen molar-refractivity contribution >= 4 is 23.2 Å². The van der Waals surface area contributed by atoms with Gasteiger partial charge in [-0.1, -0.05) is 0 Å². The van der Waals surface area contributed by atoms with Crippen LogP contribution in [0.25, 0.3) is 0 Å². The van der Waals surface area contributed by atoms with Gasteiger partial charge >= 0.3 is 5.97 Å². The number of rotatable bonds is 2. The quantitative estimate of drug-likeness (QED) is 0.749. The summed E-state index contributed by atoms with van der Waals surface area (Å²) < 4.78 is 0. The molecule has 0 aromatic carbocycles. The van der Waals surface area contributed by atoms with Crippen molar-refractivity contribution in [3.63, 3.8) is 0 Å². The number of aliphatic hydroxyl groups is 1. The lowest BCUT2D eigenvalue weighted by Crippen LogP contribution is -2.40. The van der Waals surface area contributed by atoms with Gasteiger partial charge in [-0.3, -0.25) is 4.79 Å². The van der Waals surface area contributed by atoms with E-state index in [1.807, 2.05) is 0 Å². The van der Waals surface area contributed by atoms with Crippen molar-refractivity contribution in [2.75, 3.05) is 6.54 Å². The van der Waals surface area contributed by atoms with Crippen molar-refractivity contribution in [1.82, 2.24) is 9.88 Å². The maximum Gasteiger partial charge on any atom is 0.326 e. The molecule has 1 aromatic rings. The molecule has 0 radical (unpaired) electrons. The molecule has 1 amide bonds. The largest absolute Gasteiger partial charge is 0.480 e. The maximum atomic E-state index is 11.9. The number of carbonyl (C=O) groups excluding carboxylic acids is 1. The van der Waals surface area contributed by atoms with E-state index in [4.69, 9.17) is 5.11 Å². The molecule has 1 fully saturated rings. The van der Waals surface area contributed by atoms with Crippen LogP contribution >= 0.6 is 11.3 Å². The van der Waals surface area contributed by atoms with E-state index in [2.05, 4.69) is 4.98 Å².